The molecule has 0 bridgehead atoms. The van der Waals surface area contributed by atoms with Crippen LogP contribution in [0.5, 0.6) is 0 Å². The number of hydrogen-bond donors (Lipinski definition) is 0. The molecule has 0 aromatic rings. The molecule has 1 aliphatic rings. The van der Waals surface area contributed by atoms with E-state index in [-0.39, 0.29) is 11.7 Å². The Balaban J connectivity index is 2.35. The Kier molecular flexibility index (Phi) is 1.63. The number of ketones is 1. The molecule has 2 heteroatoms. The molecular weight excluding hydrogens is 104 g/mol. The van der Waals surface area contributed by atoms with Crippen molar-refractivity contribution in [3.8, 4) is 0 Å². The first-order valence-electron chi connectivity index (χ1n) is 2.89. The molecule has 0 aromatic heterocycles. The lowest BCUT2D eigenvalue weighted by molar-refractivity contribution is -0.120. The molecule has 0 aliphatic carbocycles. The van der Waals surface area contributed by atoms with E-state index >= 15 is 0 Å². The van der Waals surface area contributed by atoms with Gasteiger partial charge < -0.3 is 4.74 Å². The molecule has 46 valence electrons. The number of rotatable bonds is 1. The van der Waals surface area contributed by atoms with Gasteiger partial charge in [0.1, 0.15) is 5.78 Å². The van der Waals surface area contributed by atoms with Crippen LogP contribution in [0.25, 0.3) is 0 Å². The summed E-state index contributed by atoms with van der Waals surface area (Å²) in [5.41, 5.74) is 0. The Morgan fingerprint density at radius 3 is 2.75 bits per heavy atom. The van der Waals surface area contributed by atoms with Crippen LogP contribution in [0.15, 0.2) is 0 Å². The van der Waals surface area contributed by atoms with Gasteiger partial charge in [-0.15, -0.1) is 0 Å². The molecule has 0 N–H and O–H groups in total. The van der Waals surface area contributed by atoms with Crippen molar-refractivity contribution < 1.29 is 9.53 Å². The highest BCUT2D eigenvalue weighted by molar-refractivity contribution is 5.78. The van der Waals surface area contributed by atoms with Crippen LogP contribution in [0.3, 0.4) is 0 Å². The lowest BCUT2D eigenvalue weighted by Gasteiger charge is -1.97. The van der Waals surface area contributed by atoms with Crippen LogP contribution in [0, 0.1) is 5.92 Å². The first kappa shape index (κ1) is 5.76. The zero-order valence-corrected chi connectivity index (χ0v) is 5.02. The molecule has 1 atom stereocenters. The third-order valence-electron chi connectivity index (χ3n) is 1.50. The van der Waals surface area contributed by atoms with Gasteiger partial charge in [-0.2, -0.15) is 0 Å². The van der Waals surface area contributed by atoms with E-state index in [2.05, 4.69) is 0 Å². The first-order chi connectivity index (χ1) is 3.80. The van der Waals surface area contributed by atoms with Gasteiger partial charge in [-0.1, -0.05) is 0 Å². The lowest BCUT2D eigenvalue weighted by atomic mass is 10.1. The smallest absolute Gasteiger partial charge is 0.135 e. The summed E-state index contributed by atoms with van der Waals surface area (Å²) in [4.78, 5) is 10.6. The van der Waals surface area contributed by atoms with Crippen molar-refractivity contribution in [3.05, 3.63) is 0 Å². The molecule has 2 nitrogen and oxygen atoms in total. The second-order valence-electron chi connectivity index (χ2n) is 2.17. The molecular formula is C6H10O2. The fraction of sp³-hybridized carbons (Fsp3) is 0.833. The summed E-state index contributed by atoms with van der Waals surface area (Å²) in [6, 6.07) is 0. The summed E-state index contributed by atoms with van der Waals surface area (Å²) in [6.07, 6.45) is 0.926. The zero-order chi connectivity index (χ0) is 5.98. The summed E-state index contributed by atoms with van der Waals surface area (Å²) in [5, 5.41) is 0. The van der Waals surface area contributed by atoms with Crippen LogP contribution in [-0.2, 0) is 9.53 Å². The molecule has 8 heavy (non-hydrogen) atoms. The summed E-state index contributed by atoms with van der Waals surface area (Å²) in [7, 11) is 0. The zero-order valence-electron chi connectivity index (χ0n) is 5.02. The van der Waals surface area contributed by atoms with Crippen molar-refractivity contribution >= 4 is 5.78 Å². The average molecular weight is 114 g/mol. The van der Waals surface area contributed by atoms with Crippen LogP contribution in [0.2, 0.25) is 0 Å². The second-order valence-corrected chi connectivity index (χ2v) is 2.17. The molecule has 0 spiro atoms. The Bertz CT molecular complexity index is 92.7. The number of Topliss-reactive ketones (excluding diaryl/α,β-unsaturated/α-hetero) is 1. The fourth-order valence-electron chi connectivity index (χ4n) is 0.855. The van der Waals surface area contributed by atoms with Crippen LogP contribution in [0.4, 0.5) is 0 Å². The predicted octanol–water partition coefficient (Wildman–Crippen LogP) is 0.612. The molecule has 1 saturated heterocycles. The van der Waals surface area contributed by atoms with E-state index in [0.717, 1.165) is 13.0 Å². The van der Waals surface area contributed by atoms with Crippen molar-refractivity contribution in [3.63, 3.8) is 0 Å². The molecule has 1 unspecified atom stereocenters. The fourth-order valence-corrected chi connectivity index (χ4v) is 0.855. The molecule has 0 amide bonds. The molecule has 0 saturated carbocycles. The summed E-state index contributed by atoms with van der Waals surface area (Å²) >= 11 is 0. The Morgan fingerprint density at radius 1 is 1.75 bits per heavy atom. The minimum Gasteiger partial charge on any atom is -0.381 e. The number of ether oxygens (including phenoxy) is 1. The van der Waals surface area contributed by atoms with E-state index in [0.29, 0.717) is 6.61 Å². The third kappa shape index (κ3) is 1.07. The lowest BCUT2D eigenvalue weighted by Crippen LogP contribution is -2.09. The summed E-state index contributed by atoms with van der Waals surface area (Å²) < 4.78 is 5.00. The van der Waals surface area contributed by atoms with Crippen molar-refractivity contribution in [2.45, 2.75) is 13.3 Å². The summed E-state index contributed by atoms with van der Waals surface area (Å²) in [6.45, 7) is 3.04. The molecule has 1 rings (SSSR count). The monoisotopic (exact) mass is 114 g/mol. The van der Waals surface area contributed by atoms with Gasteiger partial charge in [0.05, 0.1) is 6.61 Å². The van der Waals surface area contributed by atoms with Gasteiger partial charge in [0, 0.05) is 12.5 Å². The topological polar surface area (TPSA) is 26.3 Å². The SMILES string of the molecule is CC(=O)C1CCOC1. The minimum atomic E-state index is 0.204. The van der Waals surface area contributed by atoms with Gasteiger partial charge in [-0.3, -0.25) is 4.79 Å². The maximum atomic E-state index is 10.6. The number of carbonyl (C=O) groups is 1. The van der Waals surface area contributed by atoms with Crippen LogP contribution in [-0.4, -0.2) is 19.0 Å². The third-order valence-corrected chi connectivity index (χ3v) is 1.50. The van der Waals surface area contributed by atoms with E-state index in [1.807, 2.05) is 0 Å². The molecule has 1 heterocycles. The van der Waals surface area contributed by atoms with Crippen molar-refractivity contribution in [1.29, 1.82) is 0 Å². The van der Waals surface area contributed by atoms with Gasteiger partial charge in [0.2, 0.25) is 0 Å². The highest BCUT2D eigenvalue weighted by Gasteiger charge is 2.18. The molecule has 0 radical (unpaired) electrons. The van der Waals surface area contributed by atoms with Crippen molar-refractivity contribution in [1.82, 2.24) is 0 Å². The Labute approximate surface area is 48.8 Å². The molecule has 0 aromatic carbocycles. The maximum absolute atomic E-state index is 10.6. The Hall–Kier alpha value is -0.370. The largest absolute Gasteiger partial charge is 0.381 e. The standard InChI is InChI=1S/C6H10O2/c1-5(7)6-2-3-8-4-6/h6H,2-4H2,1H3. The number of carbonyl (C=O) groups excluding carboxylic acids is 1. The van der Waals surface area contributed by atoms with Gasteiger partial charge in [0.25, 0.3) is 0 Å². The highest BCUT2D eigenvalue weighted by atomic mass is 16.5. The molecule has 1 fully saturated rings. The average Bonchev–Trinajstić information content (AvgIpc) is 2.12. The van der Waals surface area contributed by atoms with Crippen LogP contribution >= 0.6 is 0 Å². The van der Waals surface area contributed by atoms with E-state index in [4.69, 9.17) is 4.74 Å². The van der Waals surface area contributed by atoms with Gasteiger partial charge >= 0.3 is 0 Å². The van der Waals surface area contributed by atoms with Gasteiger partial charge in [0.15, 0.2) is 0 Å². The van der Waals surface area contributed by atoms with E-state index in [1.165, 1.54) is 0 Å². The van der Waals surface area contributed by atoms with E-state index in [9.17, 15) is 4.79 Å². The van der Waals surface area contributed by atoms with Crippen LogP contribution < -0.4 is 0 Å². The predicted molar refractivity (Wildman–Crippen MR) is 29.6 cm³/mol. The first-order valence-corrected chi connectivity index (χ1v) is 2.89. The van der Waals surface area contributed by atoms with Gasteiger partial charge in [-0.05, 0) is 13.3 Å². The van der Waals surface area contributed by atoms with Crippen molar-refractivity contribution in [2.75, 3.05) is 13.2 Å². The minimum absolute atomic E-state index is 0.204. The maximum Gasteiger partial charge on any atom is 0.135 e. The van der Waals surface area contributed by atoms with Crippen LogP contribution in [0.1, 0.15) is 13.3 Å². The van der Waals surface area contributed by atoms with E-state index in [1.54, 1.807) is 6.92 Å². The van der Waals surface area contributed by atoms with Gasteiger partial charge in [-0.25, -0.2) is 0 Å². The normalized spacial score (nSPS) is 28.4. The highest BCUT2D eigenvalue weighted by Crippen LogP contribution is 2.12. The van der Waals surface area contributed by atoms with E-state index < -0.39 is 0 Å². The van der Waals surface area contributed by atoms with Crippen molar-refractivity contribution in [2.24, 2.45) is 5.92 Å². The Morgan fingerprint density at radius 2 is 2.50 bits per heavy atom. The quantitative estimate of drug-likeness (QED) is 0.499. The second kappa shape index (κ2) is 2.27. The summed E-state index contributed by atoms with van der Waals surface area (Å²) in [5.74, 6) is 0.470. The molecule has 1 aliphatic heterocycles. The number of hydrogen-bond acceptors (Lipinski definition) is 2.